The fourth-order valence-electron chi connectivity index (χ4n) is 5.60. The van der Waals surface area contributed by atoms with Crippen LogP contribution in [-0.4, -0.2) is 22.2 Å². The van der Waals surface area contributed by atoms with Crippen LogP contribution < -0.4 is 0 Å². The molecular weight excluding hydrogens is 436 g/mol. The molecule has 1 aliphatic rings. The zero-order chi connectivity index (χ0) is 25.6. The van der Waals surface area contributed by atoms with Gasteiger partial charge in [-0.3, -0.25) is 9.59 Å². The van der Waals surface area contributed by atoms with Gasteiger partial charge in [-0.2, -0.15) is 0 Å². The minimum absolute atomic E-state index is 0.173. The third-order valence-electron chi connectivity index (χ3n) is 7.88. The van der Waals surface area contributed by atoms with Gasteiger partial charge in [0.05, 0.1) is 5.92 Å². The van der Waals surface area contributed by atoms with Gasteiger partial charge >= 0.3 is 11.9 Å². The first-order valence-electron chi connectivity index (χ1n) is 15.2. The normalized spacial score (nSPS) is 19.7. The van der Waals surface area contributed by atoms with E-state index >= 15 is 0 Å². The molecule has 35 heavy (non-hydrogen) atoms. The number of carboxylic acids is 2. The Morgan fingerprint density at radius 1 is 0.629 bits per heavy atom. The molecule has 0 fully saturated rings. The van der Waals surface area contributed by atoms with Crippen LogP contribution in [0.2, 0.25) is 0 Å². The number of carboxylic acid groups (broad SMARTS) is 2. The van der Waals surface area contributed by atoms with E-state index in [4.69, 9.17) is 5.11 Å². The third kappa shape index (κ3) is 17.7. The highest BCUT2D eigenvalue weighted by Gasteiger charge is 2.31. The number of allylic oxidation sites excluding steroid dienone is 2. The molecule has 0 radical (unpaired) electrons. The fraction of sp³-hybridized carbons (Fsp3) is 0.871. The summed E-state index contributed by atoms with van der Waals surface area (Å²) in [4.78, 5) is 22.3. The second-order valence-corrected chi connectivity index (χ2v) is 11.1. The molecule has 0 saturated heterocycles. The summed E-state index contributed by atoms with van der Waals surface area (Å²) in [5.74, 6) is -0.720. The molecular formula is C31H56O4. The van der Waals surface area contributed by atoms with E-state index in [1.165, 1.54) is 103 Å². The first kappa shape index (κ1) is 31.7. The molecule has 0 saturated carbocycles. The van der Waals surface area contributed by atoms with E-state index in [1.54, 1.807) is 0 Å². The first-order valence-corrected chi connectivity index (χ1v) is 15.2. The van der Waals surface area contributed by atoms with Crippen molar-refractivity contribution in [3.8, 4) is 0 Å². The SMILES string of the molecule is CCCCCCC1C=CC(CCCCCCCCCCCCCCCCCC(=O)O)C(C(=O)O)C1. The van der Waals surface area contributed by atoms with Crippen LogP contribution in [0.15, 0.2) is 12.2 Å². The van der Waals surface area contributed by atoms with E-state index < -0.39 is 11.9 Å². The second kappa shape index (κ2) is 21.9. The summed E-state index contributed by atoms with van der Waals surface area (Å²) in [5, 5.41) is 18.4. The highest BCUT2D eigenvalue weighted by Crippen LogP contribution is 2.34. The predicted molar refractivity (Wildman–Crippen MR) is 147 cm³/mol. The van der Waals surface area contributed by atoms with Gasteiger partial charge in [-0.25, -0.2) is 0 Å². The molecule has 0 heterocycles. The summed E-state index contributed by atoms with van der Waals surface area (Å²) in [7, 11) is 0. The van der Waals surface area contributed by atoms with Crippen LogP contribution in [0.4, 0.5) is 0 Å². The van der Waals surface area contributed by atoms with E-state index in [0.717, 1.165) is 38.5 Å². The maximum absolute atomic E-state index is 11.8. The minimum Gasteiger partial charge on any atom is -0.481 e. The number of aliphatic carboxylic acids is 2. The lowest BCUT2D eigenvalue weighted by Crippen LogP contribution is -2.28. The summed E-state index contributed by atoms with van der Waals surface area (Å²) in [6.07, 6.45) is 31.7. The smallest absolute Gasteiger partial charge is 0.307 e. The van der Waals surface area contributed by atoms with E-state index in [2.05, 4.69) is 19.1 Å². The lowest BCUT2D eigenvalue weighted by Gasteiger charge is -2.29. The quantitative estimate of drug-likeness (QED) is 0.104. The lowest BCUT2D eigenvalue weighted by atomic mass is 9.75. The van der Waals surface area contributed by atoms with Crippen LogP contribution in [0.1, 0.15) is 155 Å². The van der Waals surface area contributed by atoms with Gasteiger partial charge < -0.3 is 10.2 Å². The molecule has 204 valence electrons. The maximum Gasteiger partial charge on any atom is 0.307 e. The number of unbranched alkanes of at least 4 members (excludes halogenated alkanes) is 17. The van der Waals surface area contributed by atoms with Crippen LogP contribution in [0.25, 0.3) is 0 Å². The van der Waals surface area contributed by atoms with Gasteiger partial charge in [0.25, 0.3) is 0 Å². The van der Waals surface area contributed by atoms with Crippen molar-refractivity contribution in [2.45, 2.75) is 155 Å². The monoisotopic (exact) mass is 492 g/mol. The standard InChI is InChI=1S/C31H56O4/c1-2-3-4-18-21-27-24-25-28(29(26-27)31(34)35)22-19-16-14-12-10-8-6-5-7-9-11-13-15-17-20-23-30(32)33/h24-25,27-29H,2-23,26H2,1H3,(H,32,33)(H,34,35). The molecule has 0 aromatic carbocycles. The van der Waals surface area contributed by atoms with Crippen molar-refractivity contribution in [3.63, 3.8) is 0 Å². The Labute approximate surface area is 216 Å². The molecule has 4 nitrogen and oxygen atoms in total. The Morgan fingerprint density at radius 3 is 1.57 bits per heavy atom. The van der Waals surface area contributed by atoms with Crippen molar-refractivity contribution >= 4 is 11.9 Å². The van der Waals surface area contributed by atoms with Crippen molar-refractivity contribution in [1.82, 2.24) is 0 Å². The van der Waals surface area contributed by atoms with Gasteiger partial charge in [-0.1, -0.05) is 135 Å². The van der Waals surface area contributed by atoms with Gasteiger partial charge in [0.2, 0.25) is 0 Å². The lowest BCUT2D eigenvalue weighted by molar-refractivity contribution is -0.144. The highest BCUT2D eigenvalue weighted by molar-refractivity contribution is 5.71. The molecule has 2 N–H and O–H groups in total. The molecule has 0 aromatic heterocycles. The van der Waals surface area contributed by atoms with E-state index in [1.807, 2.05) is 0 Å². The summed E-state index contributed by atoms with van der Waals surface area (Å²) >= 11 is 0. The molecule has 3 atom stereocenters. The minimum atomic E-state index is -0.669. The van der Waals surface area contributed by atoms with Crippen LogP contribution in [0.3, 0.4) is 0 Å². The van der Waals surface area contributed by atoms with Crippen LogP contribution in [0, 0.1) is 17.8 Å². The van der Waals surface area contributed by atoms with E-state index in [-0.39, 0.29) is 11.8 Å². The van der Waals surface area contributed by atoms with Gasteiger partial charge in [0.1, 0.15) is 0 Å². The Morgan fingerprint density at radius 2 is 1.09 bits per heavy atom. The van der Waals surface area contributed by atoms with Gasteiger partial charge in [-0.05, 0) is 37.5 Å². The van der Waals surface area contributed by atoms with E-state index in [0.29, 0.717) is 12.3 Å². The Bertz CT molecular complexity index is 556. The van der Waals surface area contributed by atoms with Gasteiger partial charge in [0.15, 0.2) is 0 Å². The van der Waals surface area contributed by atoms with E-state index in [9.17, 15) is 14.7 Å². The molecule has 0 spiro atoms. The summed E-state index contributed by atoms with van der Waals surface area (Å²) in [5.41, 5.74) is 0. The summed E-state index contributed by atoms with van der Waals surface area (Å²) < 4.78 is 0. The number of hydrogen-bond donors (Lipinski definition) is 2. The van der Waals surface area contributed by atoms with Crippen molar-refractivity contribution in [3.05, 3.63) is 12.2 Å². The number of hydrogen-bond acceptors (Lipinski definition) is 2. The maximum atomic E-state index is 11.8. The number of carbonyl (C=O) groups is 2. The van der Waals surface area contributed by atoms with Gasteiger partial charge in [-0.15, -0.1) is 0 Å². The van der Waals surface area contributed by atoms with Crippen molar-refractivity contribution < 1.29 is 19.8 Å². The summed E-state index contributed by atoms with van der Waals surface area (Å²) in [6.45, 7) is 2.23. The zero-order valence-corrected chi connectivity index (χ0v) is 22.9. The number of rotatable bonds is 24. The van der Waals surface area contributed by atoms with Crippen LogP contribution in [-0.2, 0) is 9.59 Å². The zero-order valence-electron chi connectivity index (χ0n) is 22.9. The van der Waals surface area contributed by atoms with Crippen molar-refractivity contribution in [2.75, 3.05) is 0 Å². The van der Waals surface area contributed by atoms with Crippen LogP contribution in [0.5, 0.6) is 0 Å². The molecule has 0 aromatic rings. The molecule has 3 unspecified atom stereocenters. The molecule has 1 aliphatic carbocycles. The summed E-state index contributed by atoms with van der Waals surface area (Å²) in [6, 6.07) is 0. The molecule has 1 rings (SSSR count). The fourth-order valence-corrected chi connectivity index (χ4v) is 5.60. The average molecular weight is 493 g/mol. The van der Waals surface area contributed by atoms with Crippen molar-refractivity contribution in [1.29, 1.82) is 0 Å². The Hall–Kier alpha value is -1.32. The second-order valence-electron chi connectivity index (χ2n) is 11.1. The molecule has 0 amide bonds. The predicted octanol–water partition coefficient (Wildman–Crippen LogP) is 9.57. The van der Waals surface area contributed by atoms with Gasteiger partial charge in [0, 0.05) is 6.42 Å². The topological polar surface area (TPSA) is 74.6 Å². The average Bonchev–Trinajstić information content (AvgIpc) is 2.84. The van der Waals surface area contributed by atoms with Crippen molar-refractivity contribution in [2.24, 2.45) is 17.8 Å². The Kier molecular flexibility index (Phi) is 19.9. The molecule has 4 heteroatoms. The molecule has 0 aliphatic heterocycles. The largest absolute Gasteiger partial charge is 0.481 e. The first-order chi connectivity index (χ1) is 17.0. The molecule has 0 bridgehead atoms. The van der Waals surface area contributed by atoms with Crippen LogP contribution >= 0.6 is 0 Å². The highest BCUT2D eigenvalue weighted by atomic mass is 16.4. The third-order valence-corrected chi connectivity index (χ3v) is 7.88. The Balaban J connectivity index is 1.95.